The molecule has 0 bridgehead atoms. The summed E-state index contributed by atoms with van der Waals surface area (Å²) < 4.78 is 18.7. The van der Waals surface area contributed by atoms with Crippen LogP contribution in [-0.2, 0) is 4.74 Å². The van der Waals surface area contributed by atoms with E-state index in [0.29, 0.717) is 17.9 Å². The first kappa shape index (κ1) is 19.2. The van der Waals surface area contributed by atoms with Gasteiger partial charge in [0.05, 0.1) is 17.9 Å². The van der Waals surface area contributed by atoms with E-state index in [-0.39, 0.29) is 11.4 Å². The first-order chi connectivity index (χ1) is 12.6. The number of para-hydroxylation sites is 1. The number of unbranched alkanes of at least 4 members (excludes halogenated alkanes) is 1. The number of halogens is 1. The fourth-order valence-electron chi connectivity index (χ4n) is 2.13. The van der Waals surface area contributed by atoms with Crippen molar-refractivity contribution in [3.63, 3.8) is 0 Å². The minimum absolute atomic E-state index is 0.275. The zero-order valence-corrected chi connectivity index (χ0v) is 14.5. The number of nitrogens with one attached hydrogen (secondary N) is 2. The number of carbonyl (C=O) groups excluding carboxylic acids is 2. The molecule has 0 spiro atoms. The summed E-state index contributed by atoms with van der Waals surface area (Å²) in [5, 5.41) is 5.06. The molecule has 0 saturated carbocycles. The highest BCUT2D eigenvalue weighted by Gasteiger charge is 2.13. The van der Waals surface area contributed by atoms with Crippen molar-refractivity contribution in [2.45, 2.75) is 19.8 Å². The van der Waals surface area contributed by atoms with Gasteiger partial charge in [-0.3, -0.25) is 0 Å². The molecule has 2 N–H and O–H groups in total. The minimum Gasteiger partial charge on any atom is -0.462 e. The Kier molecular flexibility index (Phi) is 7.36. The monoisotopic (exact) mass is 356 g/mol. The van der Waals surface area contributed by atoms with Gasteiger partial charge in [0.2, 0.25) is 0 Å². The van der Waals surface area contributed by atoms with Crippen LogP contribution < -0.4 is 10.6 Å². The summed E-state index contributed by atoms with van der Waals surface area (Å²) in [6, 6.07) is 12.2. The summed E-state index contributed by atoms with van der Waals surface area (Å²) in [6.45, 7) is 2.34. The van der Waals surface area contributed by atoms with Gasteiger partial charge in [0, 0.05) is 11.8 Å². The van der Waals surface area contributed by atoms with E-state index in [4.69, 9.17) is 4.74 Å². The van der Waals surface area contributed by atoms with Gasteiger partial charge in [0.1, 0.15) is 5.82 Å². The Hall–Kier alpha value is -3.15. The van der Waals surface area contributed by atoms with Crippen LogP contribution in [0.4, 0.5) is 14.9 Å². The van der Waals surface area contributed by atoms with E-state index in [0.717, 1.165) is 12.8 Å². The molecule has 0 aliphatic carbocycles. The first-order valence-electron chi connectivity index (χ1n) is 8.36. The first-order valence-corrected chi connectivity index (χ1v) is 8.36. The second-order valence-electron chi connectivity index (χ2n) is 5.49. The molecule has 26 heavy (non-hydrogen) atoms. The van der Waals surface area contributed by atoms with Crippen molar-refractivity contribution in [2.24, 2.45) is 0 Å². The van der Waals surface area contributed by atoms with Crippen LogP contribution in [0.3, 0.4) is 0 Å². The summed E-state index contributed by atoms with van der Waals surface area (Å²) in [6.07, 6.45) is 4.47. The predicted molar refractivity (Wildman–Crippen MR) is 99.2 cm³/mol. The molecule has 6 heteroatoms. The van der Waals surface area contributed by atoms with Crippen LogP contribution in [0.2, 0.25) is 0 Å². The van der Waals surface area contributed by atoms with Gasteiger partial charge < -0.3 is 15.4 Å². The molecular formula is C20H21FN2O3. The number of hydrogen-bond donors (Lipinski definition) is 2. The average Bonchev–Trinajstić information content (AvgIpc) is 2.64. The van der Waals surface area contributed by atoms with Crippen molar-refractivity contribution < 1.29 is 18.7 Å². The fraction of sp³-hybridized carbons (Fsp3) is 0.200. The maximum atomic E-state index is 13.5. The summed E-state index contributed by atoms with van der Waals surface area (Å²) in [5.74, 6) is -0.873. The summed E-state index contributed by atoms with van der Waals surface area (Å²) in [7, 11) is 0. The highest BCUT2D eigenvalue weighted by Crippen LogP contribution is 2.16. The number of benzene rings is 2. The number of anilines is 1. The van der Waals surface area contributed by atoms with Gasteiger partial charge in [-0.2, -0.15) is 0 Å². The number of urea groups is 1. The second-order valence-corrected chi connectivity index (χ2v) is 5.49. The van der Waals surface area contributed by atoms with Crippen molar-refractivity contribution in [3.8, 4) is 0 Å². The van der Waals surface area contributed by atoms with E-state index >= 15 is 0 Å². The van der Waals surface area contributed by atoms with E-state index in [2.05, 4.69) is 10.6 Å². The van der Waals surface area contributed by atoms with Crippen LogP contribution in [0.1, 0.15) is 35.7 Å². The third-order valence-electron chi connectivity index (χ3n) is 3.51. The maximum Gasteiger partial charge on any atom is 0.340 e. The number of amides is 2. The van der Waals surface area contributed by atoms with Crippen LogP contribution in [0.25, 0.3) is 6.08 Å². The summed E-state index contributed by atoms with van der Waals surface area (Å²) in [5.41, 5.74) is 0.968. The normalized spacial score (nSPS) is 10.5. The molecular weight excluding hydrogens is 335 g/mol. The molecule has 0 aliphatic rings. The lowest BCUT2D eigenvalue weighted by atomic mass is 10.2. The second kappa shape index (κ2) is 9.98. The molecule has 2 aromatic rings. The van der Waals surface area contributed by atoms with Crippen LogP contribution in [0.5, 0.6) is 0 Å². The van der Waals surface area contributed by atoms with Gasteiger partial charge in [-0.1, -0.05) is 43.7 Å². The molecule has 0 unspecified atom stereocenters. The topological polar surface area (TPSA) is 67.4 Å². The molecule has 136 valence electrons. The SMILES string of the molecule is CCCCOC(=O)c1ccccc1NC(=O)N/C=C/c1ccccc1F. The maximum absolute atomic E-state index is 13.5. The molecule has 0 saturated heterocycles. The lowest BCUT2D eigenvalue weighted by Crippen LogP contribution is -2.25. The van der Waals surface area contributed by atoms with Gasteiger partial charge in [0.15, 0.2) is 0 Å². The van der Waals surface area contributed by atoms with Crippen molar-refractivity contribution in [2.75, 3.05) is 11.9 Å². The van der Waals surface area contributed by atoms with Crippen LogP contribution >= 0.6 is 0 Å². The molecule has 0 atom stereocenters. The van der Waals surface area contributed by atoms with E-state index < -0.39 is 12.0 Å². The number of carbonyl (C=O) groups is 2. The molecule has 2 aromatic carbocycles. The zero-order chi connectivity index (χ0) is 18.8. The summed E-state index contributed by atoms with van der Waals surface area (Å²) >= 11 is 0. The molecule has 5 nitrogen and oxygen atoms in total. The molecule has 0 heterocycles. The lowest BCUT2D eigenvalue weighted by molar-refractivity contribution is 0.0501. The highest BCUT2D eigenvalue weighted by molar-refractivity contribution is 6.01. The zero-order valence-electron chi connectivity index (χ0n) is 14.5. The molecule has 0 aromatic heterocycles. The largest absolute Gasteiger partial charge is 0.462 e. The van der Waals surface area contributed by atoms with Gasteiger partial charge in [0.25, 0.3) is 0 Å². The van der Waals surface area contributed by atoms with Crippen molar-refractivity contribution in [1.29, 1.82) is 0 Å². The third-order valence-corrected chi connectivity index (χ3v) is 3.51. The van der Waals surface area contributed by atoms with E-state index in [1.54, 1.807) is 42.5 Å². The van der Waals surface area contributed by atoms with Crippen molar-refractivity contribution in [1.82, 2.24) is 5.32 Å². The third kappa shape index (κ3) is 5.73. The molecule has 0 radical (unpaired) electrons. The Morgan fingerprint density at radius 3 is 2.62 bits per heavy atom. The predicted octanol–water partition coefficient (Wildman–Crippen LogP) is 4.58. The van der Waals surface area contributed by atoms with Crippen molar-refractivity contribution in [3.05, 3.63) is 71.7 Å². The Bertz CT molecular complexity index is 790. The standard InChI is InChI=1S/C20H21FN2O3/c1-2-3-14-26-19(24)16-9-5-7-11-18(16)23-20(25)22-13-12-15-8-4-6-10-17(15)21/h4-13H,2-3,14H2,1H3,(H2,22,23,25)/b13-12+. The van der Waals surface area contributed by atoms with Crippen molar-refractivity contribution >= 4 is 23.8 Å². The molecule has 2 rings (SSSR count). The van der Waals surface area contributed by atoms with Gasteiger partial charge in [-0.05, 0) is 30.7 Å². The summed E-state index contributed by atoms with van der Waals surface area (Å²) in [4.78, 5) is 24.1. The van der Waals surface area contributed by atoms with Gasteiger partial charge >= 0.3 is 12.0 Å². The fourth-order valence-corrected chi connectivity index (χ4v) is 2.13. The number of ether oxygens (including phenoxy) is 1. The number of rotatable bonds is 7. The van der Waals surface area contributed by atoms with Crippen LogP contribution in [0, 0.1) is 5.82 Å². The van der Waals surface area contributed by atoms with E-state index in [1.165, 1.54) is 18.3 Å². The number of hydrogen-bond acceptors (Lipinski definition) is 3. The number of esters is 1. The van der Waals surface area contributed by atoms with Gasteiger partial charge in [-0.25, -0.2) is 14.0 Å². The molecule has 0 aliphatic heterocycles. The lowest BCUT2D eigenvalue weighted by Gasteiger charge is -2.10. The van der Waals surface area contributed by atoms with E-state index in [9.17, 15) is 14.0 Å². The Labute approximate surface area is 151 Å². The minimum atomic E-state index is -0.550. The average molecular weight is 356 g/mol. The Morgan fingerprint density at radius 2 is 1.85 bits per heavy atom. The quantitative estimate of drug-likeness (QED) is 0.564. The molecule has 0 fully saturated rings. The van der Waals surface area contributed by atoms with E-state index in [1.807, 2.05) is 6.92 Å². The van der Waals surface area contributed by atoms with Gasteiger partial charge in [-0.15, -0.1) is 0 Å². The Balaban J connectivity index is 1.96. The van der Waals surface area contributed by atoms with Crippen LogP contribution in [0.15, 0.2) is 54.7 Å². The Morgan fingerprint density at radius 1 is 1.12 bits per heavy atom. The molecule has 2 amide bonds. The van der Waals surface area contributed by atoms with Crippen LogP contribution in [-0.4, -0.2) is 18.6 Å². The smallest absolute Gasteiger partial charge is 0.340 e. The highest BCUT2D eigenvalue weighted by atomic mass is 19.1.